The molecule has 1 aromatic rings. The number of rotatable bonds is 7. The van der Waals surface area contributed by atoms with Gasteiger partial charge in [-0.15, -0.1) is 0 Å². The van der Waals surface area contributed by atoms with Crippen LogP contribution in [-0.2, 0) is 9.59 Å². The average Bonchev–Trinajstić information content (AvgIpc) is 3.14. The lowest BCUT2D eigenvalue weighted by molar-refractivity contribution is -0.130. The lowest BCUT2D eigenvalue weighted by Gasteiger charge is -2.22. The highest BCUT2D eigenvalue weighted by molar-refractivity contribution is 5.97. The fourth-order valence-corrected chi connectivity index (χ4v) is 2.89. The van der Waals surface area contributed by atoms with Gasteiger partial charge in [0, 0.05) is 31.6 Å². The second-order valence-corrected chi connectivity index (χ2v) is 6.83. The second kappa shape index (κ2) is 9.31. The Balaban J connectivity index is 1.85. The van der Waals surface area contributed by atoms with Gasteiger partial charge in [0.25, 0.3) is 5.91 Å². The maximum Gasteiger partial charge on any atom is 0.251 e. The van der Waals surface area contributed by atoms with Crippen LogP contribution in [0.5, 0.6) is 0 Å². The molecular weight excluding hydrogens is 337 g/mol. The van der Waals surface area contributed by atoms with Gasteiger partial charge >= 0.3 is 0 Å². The van der Waals surface area contributed by atoms with Crippen LogP contribution in [-0.4, -0.2) is 48.3 Å². The van der Waals surface area contributed by atoms with E-state index in [9.17, 15) is 18.8 Å². The third kappa shape index (κ3) is 5.54. The van der Waals surface area contributed by atoms with Gasteiger partial charge < -0.3 is 15.5 Å². The zero-order chi connectivity index (χ0) is 19.1. The highest BCUT2D eigenvalue weighted by atomic mass is 19.1. The fraction of sp³-hybridized carbons (Fsp3) is 0.526. The summed E-state index contributed by atoms with van der Waals surface area (Å²) in [5.74, 6) is -1.29. The number of nitrogens with one attached hydrogen (secondary N) is 2. The highest BCUT2D eigenvalue weighted by Gasteiger charge is 2.25. The Morgan fingerprint density at radius 3 is 2.31 bits per heavy atom. The Morgan fingerprint density at radius 2 is 1.73 bits per heavy atom. The maximum atomic E-state index is 13.0. The molecule has 1 unspecified atom stereocenters. The lowest BCUT2D eigenvalue weighted by Crippen LogP contribution is -2.50. The van der Waals surface area contributed by atoms with Crippen molar-refractivity contribution in [2.45, 2.75) is 39.2 Å². The van der Waals surface area contributed by atoms with Gasteiger partial charge in [-0.2, -0.15) is 0 Å². The molecule has 1 heterocycles. The quantitative estimate of drug-likeness (QED) is 0.774. The molecule has 142 valence electrons. The van der Waals surface area contributed by atoms with E-state index in [0.717, 1.165) is 25.9 Å². The van der Waals surface area contributed by atoms with Crippen LogP contribution in [0.4, 0.5) is 4.39 Å². The van der Waals surface area contributed by atoms with Gasteiger partial charge in [-0.05, 0) is 43.0 Å². The summed E-state index contributed by atoms with van der Waals surface area (Å²) < 4.78 is 13.0. The molecule has 0 aliphatic carbocycles. The molecule has 1 atom stereocenters. The van der Waals surface area contributed by atoms with Crippen LogP contribution < -0.4 is 10.6 Å². The number of benzene rings is 1. The molecule has 1 aliphatic rings. The van der Waals surface area contributed by atoms with Crippen molar-refractivity contribution in [3.05, 3.63) is 35.6 Å². The van der Waals surface area contributed by atoms with E-state index in [1.165, 1.54) is 24.3 Å². The second-order valence-electron chi connectivity index (χ2n) is 6.83. The number of carbonyl (C=O) groups excluding carboxylic acids is 3. The van der Waals surface area contributed by atoms with Crippen LogP contribution in [0.25, 0.3) is 0 Å². The molecule has 0 saturated carbocycles. The molecule has 1 fully saturated rings. The normalized spacial score (nSPS) is 15.0. The number of nitrogens with zero attached hydrogens (tertiary/aromatic N) is 1. The van der Waals surface area contributed by atoms with Crippen LogP contribution in [0.1, 0.15) is 43.5 Å². The molecule has 7 heteroatoms. The third-order valence-corrected chi connectivity index (χ3v) is 4.44. The summed E-state index contributed by atoms with van der Waals surface area (Å²) in [6.07, 6.45) is 2.31. The minimum absolute atomic E-state index is 0.0410. The highest BCUT2D eigenvalue weighted by Crippen LogP contribution is 2.09. The van der Waals surface area contributed by atoms with Crippen molar-refractivity contribution in [3.8, 4) is 0 Å². The summed E-state index contributed by atoms with van der Waals surface area (Å²) in [5.41, 5.74) is 0.286. The Morgan fingerprint density at radius 1 is 1.12 bits per heavy atom. The molecule has 2 N–H and O–H groups in total. The van der Waals surface area contributed by atoms with Crippen molar-refractivity contribution in [2.24, 2.45) is 5.92 Å². The van der Waals surface area contributed by atoms with E-state index in [0.29, 0.717) is 0 Å². The minimum Gasteiger partial charge on any atom is -0.354 e. The van der Waals surface area contributed by atoms with Crippen LogP contribution in [0.15, 0.2) is 24.3 Å². The van der Waals surface area contributed by atoms with E-state index in [2.05, 4.69) is 10.6 Å². The Labute approximate surface area is 153 Å². The summed E-state index contributed by atoms with van der Waals surface area (Å²) in [7, 11) is 0. The van der Waals surface area contributed by atoms with Gasteiger partial charge in [0.05, 0.1) is 0 Å². The lowest BCUT2D eigenvalue weighted by atomic mass is 10.0. The van der Waals surface area contributed by atoms with E-state index >= 15 is 0 Å². The van der Waals surface area contributed by atoms with Crippen molar-refractivity contribution < 1.29 is 18.8 Å². The van der Waals surface area contributed by atoms with E-state index in [1.54, 1.807) is 0 Å². The fourth-order valence-electron chi connectivity index (χ4n) is 2.89. The van der Waals surface area contributed by atoms with Gasteiger partial charge in [-0.3, -0.25) is 14.4 Å². The first kappa shape index (κ1) is 19.9. The van der Waals surface area contributed by atoms with Crippen LogP contribution in [0, 0.1) is 11.7 Å². The number of amides is 3. The molecule has 1 aromatic carbocycles. The van der Waals surface area contributed by atoms with Crippen molar-refractivity contribution in [1.29, 1.82) is 0 Å². The van der Waals surface area contributed by atoms with Gasteiger partial charge in [-0.1, -0.05) is 13.8 Å². The van der Waals surface area contributed by atoms with Crippen LogP contribution in [0.2, 0.25) is 0 Å². The maximum absolute atomic E-state index is 13.0. The average molecular weight is 363 g/mol. The number of likely N-dealkylation sites (tertiary alicyclic amines) is 1. The molecule has 0 aromatic heterocycles. The molecule has 0 spiro atoms. The molecule has 3 amide bonds. The first-order valence-electron chi connectivity index (χ1n) is 9.00. The predicted octanol–water partition coefficient (Wildman–Crippen LogP) is 1.71. The standard InChI is InChI=1S/C19H26FN3O3/c1-13(2)17(22-18(25)14-5-7-15(20)8-6-14)19(26)21-10-9-16(24)23-11-3-4-12-23/h5-8,13,17H,3-4,9-12H2,1-2H3,(H,21,26)(H,22,25). The molecular formula is C19H26FN3O3. The van der Waals surface area contributed by atoms with Crippen LogP contribution >= 0.6 is 0 Å². The van der Waals surface area contributed by atoms with Crippen molar-refractivity contribution >= 4 is 17.7 Å². The topological polar surface area (TPSA) is 78.5 Å². The van der Waals surface area contributed by atoms with Gasteiger partial charge in [0.15, 0.2) is 0 Å². The van der Waals surface area contributed by atoms with E-state index in [-0.39, 0.29) is 36.3 Å². The summed E-state index contributed by atoms with van der Waals surface area (Å²) in [6.45, 7) is 5.46. The van der Waals surface area contributed by atoms with Crippen molar-refractivity contribution in [3.63, 3.8) is 0 Å². The minimum atomic E-state index is -0.727. The van der Waals surface area contributed by atoms with E-state index in [4.69, 9.17) is 0 Å². The SMILES string of the molecule is CC(C)C(NC(=O)c1ccc(F)cc1)C(=O)NCCC(=O)N1CCCC1. The first-order valence-corrected chi connectivity index (χ1v) is 9.00. The smallest absolute Gasteiger partial charge is 0.251 e. The molecule has 1 aliphatic heterocycles. The summed E-state index contributed by atoms with van der Waals surface area (Å²) in [5, 5.41) is 5.40. The van der Waals surface area contributed by atoms with Gasteiger partial charge in [0.1, 0.15) is 11.9 Å². The largest absolute Gasteiger partial charge is 0.354 e. The molecule has 2 rings (SSSR count). The zero-order valence-corrected chi connectivity index (χ0v) is 15.3. The number of carbonyl (C=O) groups is 3. The first-order chi connectivity index (χ1) is 12.4. The molecule has 6 nitrogen and oxygen atoms in total. The summed E-state index contributed by atoms with van der Waals surface area (Å²) in [6, 6.07) is 4.41. The monoisotopic (exact) mass is 363 g/mol. The Hall–Kier alpha value is -2.44. The number of halogens is 1. The summed E-state index contributed by atoms with van der Waals surface area (Å²) >= 11 is 0. The molecule has 0 bridgehead atoms. The predicted molar refractivity (Wildman–Crippen MR) is 95.9 cm³/mol. The third-order valence-electron chi connectivity index (χ3n) is 4.44. The Kier molecular flexibility index (Phi) is 7.12. The molecule has 0 radical (unpaired) electrons. The van der Waals surface area contributed by atoms with E-state index < -0.39 is 17.8 Å². The molecule has 26 heavy (non-hydrogen) atoms. The van der Waals surface area contributed by atoms with Crippen molar-refractivity contribution in [1.82, 2.24) is 15.5 Å². The van der Waals surface area contributed by atoms with E-state index in [1.807, 2.05) is 18.7 Å². The summed E-state index contributed by atoms with van der Waals surface area (Å²) in [4.78, 5) is 38.5. The van der Waals surface area contributed by atoms with Gasteiger partial charge in [0.2, 0.25) is 11.8 Å². The van der Waals surface area contributed by atoms with Gasteiger partial charge in [-0.25, -0.2) is 4.39 Å². The van der Waals surface area contributed by atoms with Crippen LogP contribution in [0.3, 0.4) is 0 Å². The number of hydrogen-bond acceptors (Lipinski definition) is 3. The molecule has 1 saturated heterocycles. The zero-order valence-electron chi connectivity index (χ0n) is 15.3. The van der Waals surface area contributed by atoms with Crippen molar-refractivity contribution in [2.75, 3.05) is 19.6 Å². The Bertz CT molecular complexity index is 640. The number of hydrogen-bond donors (Lipinski definition) is 2.